The van der Waals surface area contributed by atoms with Crippen molar-refractivity contribution >= 4 is 11.7 Å². The minimum Gasteiger partial charge on any atom is -0.497 e. The third-order valence-electron chi connectivity index (χ3n) is 8.03. The van der Waals surface area contributed by atoms with Gasteiger partial charge in [0.25, 0.3) is 0 Å². The molecule has 0 aromatic heterocycles. The number of methoxy groups -OCH3 is 1. The molecule has 5 rings (SSSR count). The second kappa shape index (κ2) is 12.9. The fourth-order valence-corrected chi connectivity index (χ4v) is 5.86. The van der Waals surface area contributed by atoms with Gasteiger partial charge in [-0.1, -0.05) is 36.1 Å². The number of rotatable bonds is 5. The number of carbonyl (C=O) groups excluding carboxylic acids is 1. The molecule has 3 N–H and O–H groups in total. The van der Waals surface area contributed by atoms with Crippen molar-refractivity contribution in [2.24, 2.45) is 0 Å². The quantitative estimate of drug-likeness (QED) is 0.407. The lowest BCUT2D eigenvalue weighted by molar-refractivity contribution is -0.105. The summed E-state index contributed by atoms with van der Waals surface area (Å²) in [4.78, 5) is 19.3. The molecule has 3 aromatic carbocycles. The normalized spacial score (nSPS) is 24.0. The van der Waals surface area contributed by atoms with Gasteiger partial charge in [0.15, 0.2) is 0 Å². The highest BCUT2D eigenvalue weighted by Gasteiger charge is 2.51. The highest BCUT2D eigenvalue weighted by Crippen LogP contribution is 2.42. The Morgan fingerprint density at radius 1 is 0.976 bits per heavy atom. The topological polar surface area (TPSA) is 88.5 Å². The van der Waals surface area contributed by atoms with Gasteiger partial charge in [0.2, 0.25) is 0 Å². The standard InChI is InChI=1S/C33H37FN4O4/c1-36(2)18-28-32(24-12-9-22(10-13-24)8-11-23-6-4-5-7-27(23)34)29-19-37(20-30(39)31(40)21-38(28)29)33(41)35-25-14-16-26(42-3)17-15-25/h4-7,9-10,12-17,28-32,39-40H,18-21H2,1-3H3,(H,35,41)/t28-,29+,30-,31+,32+/m1/s1. The summed E-state index contributed by atoms with van der Waals surface area (Å²) in [7, 11) is 5.60. The number of fused-ring (bicyclic) bond motifs is 1. The molecule has 3 aromatic rings. The molecule has 8 nitrogen and oxygen atoms in total. The van der Waals surface area contributed by atoms with Crippen LogP contribution in [0.2, 0.25) is 0 Å². The van der Waals surface area contributed by atoms with E-state index in [-0.39, 0.29) is 36.4 Å². The molecular weight excluding hydrogens is 535 g/mol. The van der Waals surface area contributed by atoms with E-state index in [4.69, 9.17) is 4.74 Å². The van der Waals surface area contributed by atoms with Crippen molar-refractivity contribution in [2.45, 2.75) is 30.2 Å². The van der Waals surface area contributed by atoms with Crippen molar-refractivity contribution in [1.82, 2.24) is 14.7 Å². The van der Waals surface area contributed by atoms with Crippen LogP contribution in [0.4, 0.5) is 14.9 Å². The third-order valence-corrected chi connectivity index (χ3v) is 8.03. The van der Waals surface area contributed by atoms with Gasteiger partial charge in [0.1, 0.15) is 11.6 Å². The second-order valence-corrected chi connectivity index (χ2v) is 11.2. The molecule has 0 aliphatic carbocycles. The first-order chi connectivity index (χ1) is 20.2. The van der Waals surface area contributed by atoms with Crippen molar-refractivity contribution in [3.8, 4) is 17.6 Å². The summed E-state index contributed by atoms with van der Waals surface area (Å²) in [5.41, 5.74) is 2.84. The monoisotopic (exact) mass is 572 g/mol. The number of urea groups is 1. The zero-order valence-corrected chi connectivity index (χ0v) is 24.1. The average molecular weight is 573 g/mol. The molecule has 9 heteroatoms. The first kappa shape index (κ1) is 29.5. The lowest BCUT2D eigenvalue weighted by Crippen LogP contribution is -2.71. The minimum atomic E-state index is -1.07. The number of anilines is 1. The van der Waals surface area contributed by atoms with E-state index < -0.39 is 12.2 Å². The Morgan fingerprint density at radius 3 is 2.33 bits per heavy atom. The molecule has 0 radical (unpaired) electrons. The van der Waals surface area contributed by atoms with E-state index in [1.807, 2.05) is 38.4 Å². The Bertz CT molecular complexity index is 1440. The van der Waals surface area contributed by atoms with Crippen molar-refractivity contribution in [3.05, 3.63) is 95.3 Å². The first-order valence-electron chi connectivity index (χ1n) is 14.1. The van der Waals surface area contributed by atoms with Crippen molar-refractivity contribution in [2.75, 3.05) is 52.7 Å². The van der Waals surface area contributed by atoms with Crippen molar-refractivity contribution in [3.63, 3.8) is 0 Å². The number of hydrogen-bond acceptors (Lipinski definition) is 6. The average Bonchev–Trinajstić information content (AvgIpc) is 2.98. The van der Waals surface area contributed by atoms with Crippen LogP contribution in [0.3, 0.4) is 0 Å². The Hall–Kier alpha value is -3.94. The highest BCUT2D eigenvalue weighted by molar-refractivity contribution is 5.89. The summed E-state index contributed by atoms with van der Waals surface area (Å²) in [6, 6.07) is 21.1. The van der Waals surface area contributed by atoms with Crippen LogP contribution in [0, 0.1) is 17.7 Å². The maximum absolute atomic E-state index is 14.0. The number of amides is 2. The lowest BCUT2D eigenvalue weighted by Gasteiger charge is -2.59. The molecule has 2 aliphatic heterocycles. The third kappa shape index (κ3) is 6.58. The minimum absolute atomic E-state index is 0.0170. The lowest BCUT2D eigenvalue weighted by atomic mass is 9.73. The predicted molar refractivity (Wildman–Crippen MR) is 160 cm³/mol. The Kier molecular flexibility index (Phi) is 9.09. The van der Waals surface area contributed by atoms with Gasteiger partial charge in [-0.25, -0.2) is 9.18 Å². The fraction of sp³-hybridized carbons (Fsp3) is 0.364. The smallest absolute Gasteiger partial charge is 0.321 e. The molecule has 2 saturated heterocycles. The number of aliphatic hydroxyl groups is 2. The van der Waals surface area contributed by atoms with Crippen LogP contribution in [0.15, 0.2) is 72.8 Å². The van der Waals surface area contributed by atoms with Gasteiger partial charge in [0.05, 0.1) is 31.4 Å². The van der Waals surface area contributed by atoms with E-state index in [9.17, 15) is 19.4 Å². The number of aliphatic hydroxyl groups excluding tert-OH is 2. The molecule has 2 amide bonds. The molecule has 5 atom stereocenters. The summed E-state index contributed by atoms with van der Waals surface area (Å²) in [5.74, 6) is 6.37. The fourth-order valence-electron chi connectivity index (χ4n) is 5.86. The van der Waals surface area contributed by atoms with E-state index in [0.29, 0.717) is 30.1 Å². The predicted octanol–water partition coefficient (Wildman–Crippen LogP) is 3.20. The molecule has 0 saturated carbocycles. The van der Waals surface area contributed by atoms with Crippen molar-refractivity contribution < 1.29 is 24.1 Å². The number of nitrogens with zero attached hydrogens (tertiary/aromatic N) is 3. The molecule has 42 heavy (non-hydrogen) atoms. The molecule has 0 spiro atoms. The maximum Gasteiger partial charge on any atom is 0.321 e. The number of nitrogens with one attached hydrogen (secondary N) is 1. The number of likely N-dealkylation sites (N-methyl/N-ethyl adjacent to an activating group) is 1. The van der Waals surface area contributed by atoms with E-state index in [2.05, 4.69) is 27.0 Å². The molecule has 220 valence electrons. The van der Waals surface area contributed by atoms with Crippen molar-refractivity contribution in [1.29, 1.82) is 0 Å². The van der Waals surface area contributed by atoms with Gasteiger partial charge in [-0.15, -0.1) is 0 Å². The summed E-state index contributed by atoms with van der Waals surface area (Å²) in [6.45, 7) is 1.47. The summed E-state index contributed by atoms with van der Waals surface area (Å²) >= 11 is 0. The summed E-state index contributed by atoms with van der Waals surface area (Å²) in [6.07, 6.45) is -2.07. The van der Waals surface area contributed by atoms with Gasteiger partial charge < -0.3 is 30.1 Å². The molecule has 2 aliphatic rings. The molecule has 0 bridgehead atoms. The number of hydrogen-bond donors (Lipinski definition) is 3. The van der Waals surface area contributed by atoms with E-state index in [1.165, 1.54) is 6.07 Å². The van der Waals surface area contributed by atoms with Crippen LogP contribution < -0.4 is 10.1 Å². The van der Waals surface area contributed by atoms with Crippen LogP contribution in [0.5, 0.6) is 5.75 Å². The van der Waals surface area contributed by atoms with E-state index >= 15 is 0 Å². The molecule has 2 fully saturated rings. The first-order valence-corrected chi connectivity index (χ1v) is 14.1. The van der Waals surface area contributed by atoms with Gasteiger partial charge in [-0.2, -0.15) is 0 Å². The molecular formula is C33H37FN4O4. The largest absolute Gasteiger partial charge is 0.497 e. The Labute approximate surface area is 246 Å². The van der Waals surface area contributed by atoms with Gasteiger partial charge in [-0.05, 0) is 68.2 Å². The Morgan fingerprint density at radius 2 is 1.67 bits per heavy atom. The number of ether oxygens (including phenoxy) is 1. The maximum atomic E-state index is 14.0. The van der Waals surface area contributed by atoms with Crippen LogP contribution in [0.25, 0.3) is 0 Å². The number of β-amino-alcohol motifs (C(OH)–C–C–N with tert-alkyl or cyclic N) is 1. The second-order valence-electron chi connectivity index (χ2n) is 11.2. The van der Waals surface area contributed by atoms with Crippen LogP contribution in [0.1, 0.15) is 22.6 Å². The SMILES string of the molecule is COc1ccc(NC(=O)N2C[C@@H](O)[C@@H](O)CN3[C@H](CN(C)C)[C@H](c4ccc(C#Cc5ccccc5F)cc4)[C@@H]3C2)cc1. The van der Waals surface area contributed by atoms with E-state index in [0.717, 1.165) is 17.7 Å². The molecule has 0 unspecified atom stereocenters. The van der Waals surface area contributed by atoms with Crippen LogP contribution >= 0.6 is 0 Å². The summed E-state index contributed by atoms with van der Waals surface area (Å²) < 4.78 is 19.2. The summed E-state index contributed by atoms with van der Waals surface area (Å²) in [5, 5.41) is 24.5. The van der Waals surface area contributed by atoms with Crippen LogP contribution in [-0.4, -0.2) is 103 Å². The molecule has 2 heterocycles. The Balaban J connectivity index is 1.38. The number of benzene rings is 3. The van der Waals surface area contributed by atoms with Gasteiger partial charge in [0, 0.05) is 48.9 Å². The van der Waals surface area contributed by atoms with Crippen LogP contribution in [-0.2, 0) is 0 Å². The highest BCUT2D eigenvalue weighted by atomic mass is 19.1. The van der Waals surface area contributed by atoms with E-state index in [1.54, 1.807) is 54.5 Å². The number of carbonyl (C=O) groups is 1. The van der Waals surface area contributed by atoms with Gasteiger partial charge >= 0.3 is 6.03 Å². The zero-order valence-electron chi connectivity index (χ0n) is 24.1. The van der Waals surface area contributed by atoms with Gasteiger partial charge in [-0.3, -0.25) is 4.90 Å². The number of halogens is 1. The zero-order chi connectivity index (χ0) is 29.8.